The highest BCUT2D eigenvalue weighted by atomic mass is 79.9. The fourth-order valence-corrected chi connectivity index (χ4v) is 3.49. The molecule has 0 atom stereocenters. The van der Waals surface area contributed by atoms with Gasteiger partial charge in [-0.2, -0.15) is 0 Å². The van der Waals surface area contributed by atoms with Crippen LogP contribution >= 0.6 is 31.9 Å². The quantitative estimate of drug-likeness (QED) is 0.814. The smallest absolute Gasteiger partial charge is 0.148 e. The van der Waals surface area contributed by atoms with Crippen molar-refractivity contribution in [3.05, 3.63) is 50.9 Å². The maximum Gasteiger partial charge on any atom is 0.148 e. The highest BCUT2D eigenvalue weighted by Gasteiger charge is 2.22. The van der Waals surface area contributed by atoms with Crippen molar-refractivity contribution in [3.8, 4) is 5.75 Å². The van der Waals surface area contributed by atoms with Crippen LogP contribution in [0.3, 0.4) is 0 Å². The van der Waals surface area contributed by atoms with E-state index in [-0.39, 0.29) is 0 Å². The molecular weight excluding hydrogens is 358 g/mol. The second-order valence-corrected chi connectivity index (χ2v) is 5.82. The normalized spacial score (nSPS) is 13.0. The van der Waals surface area contributed by atoms with E-state index in [4.69, 9.17) is 4.74 Å². The molecule has 0 unspecified atom stereocenters. The van der Waals surface area contributed by atoms with Crippen LogP contribution in [0.25, 0.3) is 0 Å². The van der Waals surface area contributed by atoms with Gasteiger partial charge in [0.25, 0.3) is 0 Å². The highest BCUT2D eigenvalue weighted by molar-refractivity contribution is 9.11. The molecule has 0 aromatic heterocycles. The zero-order valence-electron chi connectivity index (χ0n) is 9.54. The average molecular weight is 369 g/mol. The van der Waals surface area contributed by atoms with Crippen molar-refractivity contribution < 1.29 is 4.74 Å². The Labute approximate surface area is 123 Å². The minimum absolute atomic E-state index is 0.744. The van der Waals surface area contributed by atoms with E-state index < -0.39 is 0 Å². The molecule has 2 aromatic rings. The minimum Gasteiger partial charge on any atom is -0.491 e. The van der Waals surface area contributed by atoms with Gasteiger partial charge < -0.3 is 10.1 Å². The van der Waals surface area contributed by atoms with E-state index in [2.05, 4.69) is 43.2 Å². The molecule has 0 radical (unpaired) electrons. The van der Waals surface area contributed by atoms with E-state index in [0.29, 0.717) is 0 Å². The summed E-state index contributed by atoms with van der Waals surface area (Å²) in [4.78, 5) is 0. The van der Waals surface area contributed by atoms with Crippen LogP contribution in [-0.4, -0.2) is 6.61 Å². The van der Waals surface area contributed by atoms with Crippen LogP contribution in [0.15, 0.2) is 45.3 Å². The Morgan fingerprint density at radius 3 is 2.61 bits per heavy atom. The molecule has 2 aromatic carbocycles. The number of benzene rings is 2. The number of para-hydroxylation sites is 1. The Morgan fingerprint density at radius 2 is 1.83 bits per heavy atom. The largest absolute Gasteiger partial charge is 0.491 e. The van der Waals surface area contributed by atoms with Crippen LogP contribution in [-0.2, 0) is 6.42 Å². The van der Waals surface area contributed by atoms with Gasteiger partial charge in [0.15, 0.2) is 0 Å². The number of halogens is 2. The first-order valence-corrected chi connectivity index (χ1v) is 7.30. The van der Waals surface area contributed by atoms with Gasteiger partial charge in [0.1, 0.15) is 5.75 Å². The van der Waals surface area contributed by atoms with Crippen molar-refractivity contribution in [3.63, 3.8) is 0 Å². The Hall–Kier alpha value is -1.00. The fraction of sp³-hybridized carbons (Fsp3) is 0.143. The van der Waals surface area contributed by atoms with E-state index in [0.717, 1.165) is 39.1 Å². The highest BCUT2D eigenvalue weighted by Crippen LogP contribution is 2.44. The predicted octanol–water partition coefficient (Wildman–Crippen LogP) is 4.89. The van der Waals surface area contributed by atoms with Crippen LogP contribution in [0.4, 0.5) is 11.4 Å². The number of ether oxygens (including phenoxy) is 1. The number of fused-ring (bicyclic) bond motifs is 1. The Kier molecular flexibility index (Phi) is 3.31. The summed E-state index contributed by atoms with van der Waals surface area (Å²) >= 11 is 7.17. The standard InChI is InChI=1S/C14H11Br2NO/c15-11-8-12(16)13(14-10(11)6-7-18-14)17-9-4-2-1-3-5-9/h1-5,8,17H,6-7H2. The lowest BCUT2D eigenvalue weighted by molar-refractivity contribution is 0.358. The molecule has 0 amide bonds. The zero-order valence-corrected chi connectivity index (χ0v) is 12.7. The van der Waals surface area contributed by atoms with Crippen LogP contribution in [0, 0.1) is 0 Å². The molecule has 3 rings (SSSR count). The summed E-state index contributed by atoms with van der Waals surface area (Å²) in [5.74, 6) is 0.945. The summed E-state index contributed by atoms with van der Waals surface area (Å²) in [7, 11) is 0. The topological polar surface area (TPSA) is 21.3 Å². The summed E-state index contributed by atoms with van der Waals surface area (Å²) in [5, 5.41) is 3.41. The van der Waals surface area contributed by atoms with E-state index in [1.54, 1.807) is 0 Å². The summed E-state index contributed by atoms with van der Waals surface area (Å²) in [5.41, 5.74) is 3.28. The molecule has 1 aliphatic heterocycles. The first kappa shape index (κ1) is 12.1. The van der Waals surface area contributed by atoms with Gasteiger partial charge in [0.2, 0.25) is 0 Å². The summed E-state index contributed by atoms with van der Waals surface area (Å²) in [6.45, 7) is 0.744. The molecule has 1 aliphatic rings. The molecular formula is C14H11Br2NO. The maximum atomic E-state index is 5.74. The van der Waals surface area contributed by atoms with E-state index >= 15 is 0 Å². The van der Waals surface area contributed by atoms with Crippen LogP contribution in [0.2, 0.25) is 0 Å². The number of anilines is 2. The van der Waals surface area contributed by atoms with Crippen molar-refractivity contribution in [1.29, 1.82) is 0 Å². The summed E-state index contributed by atoms with van der Waals surface area (Å²) in [6.07, 6.45) is 0.951. The van der Waals surface area contributed by atoms with Crippen LogP contribution < -0.4 is 10.1 Å². The van der Waals surface area contributed by atoms with Gasteiger partial charge in [-0.15, -0.1) is 0 Å². The Morgan fingerprint density at radius 1 is 1.06 bits per heavy atom. The molecule has 0 fully saturated rings. The van der Waals surface area contributed by atoms with Gasteiger partial charge in [-0.25, -0.2) is 0 Å². The Balaban J connectivity index is 2.05. The van der Waals surface area contributed by atoms with Crippen molar-refractivity contribution >= 4 is 43.2 Å². The van der Waals surface area contributed by atoms with Crippen LogP contribution in [0.5, 0.6) is 5.75 Å². The molecule has 0 bridgehead atoms. The monoisotopic (exact) mass is 367 g/mol. The fourth-order valence-electron chi connectivity index (χ4n) is 2.07. The van der Waals surface area contributed by atoms with Gasteiger partial charge in [-0.05, 0) is 34.1 Å². The predicted molar refractivity (Wildman–Crippen MR) is 80.8 cm³/mol. The lowest BCUT2D eigenvalue weighted by Gasteiger charge is -2.14. The van der Waals surface area contributed by atoms with Gasteiger partial charge in [0.05, 0.1) is 12.3 Å². The number of hydrogen-bond donors (Lipinski definition) is 1. The van der Waals surface area contributed by atoms with Gasteiger partial charge >= 0.3 is 0 Å². The third kappa shape index (κ3) is 2.15. The number of rotatable bonds is 2. The summed E-state index contributed by atoms with van der Waals surface area (Å²) < 4.78 is 7.84. The average Bonchev–Trinajstić information content (AvgIpc) is 2.85. The molecule has 18 heavy (non-hydrogen) atoms. The molecule has 1 N–H and O–H groups in total. The number of nitrogens with one attached hydrogen (secondary N) is 1. The molecule has 92 valence electrons. The van der Waals surface area contributed by atoms with Crippen molar-refractivity contribution in [2.75, 3.05) is 11.9 Å². The molecule has 1 heterocycles. The van der Waals surface area contributed by atoms with E-state index in [1.807, 2.05) is 30.3 Å². The minimum atomic E-state index is 0.744. The molecule has 0 saturated heterocycles. The molecule has 0 aliphatic carbocycles. The lowest BCUT2D eigenvalue weighted by atomic mass is 10.1. The van der Waals surface area contributed by atoms with E-state index in [1.165, 1.54) is 5.56 Å². The molecule has 4 heteroatoms. The van der Waals surface area contributed by atoms with Gasteiger partial charge in [-0.1, -0.05) is 34.1 Å². The number of hydrogen-bond acceptors (Lipinski definition) is 2. The van der Waals surface area contributed by atoms with Crippen LogP contribution in [0.1, 0.15) is 5.56 Å². The Bertz CT molecular complexity index is 584. The lowest BCUT2D eigenvalue weighted by Crippen LogP contribution is -1.95. The van der Waals surface area contributed by atoms with Crippen molar-refractivity contribution in [2.45, 2.75) is 6.42 Å². The second-order valence-electron chi connectivity index (χ2n) is 4.11. The first-order valence-electron chi connectivity index (χ1n) is 5.71. The maximum absolute atomic E-state index is 5.74. The third-order valence-electron chi connectivity index (χ3n) is 2.92. The SMILES string of the molecule is Brc1cc(Br)c(Nc2ccccc2)c2c1CCO2. The third-order valence-corrected chi connectivity index (χ3v) is 4.26. The summed E-state index contributed by atoms with van der Waals surface area (Å²) in [6, 6.07) is 12.2. The van der Waals surface area contributed by atoms with Gasteiger partial charge in [-0.3, -0.25) is 0 Å². The van der Waals surface area contributed by atoms with Gasteiger partial charge in [0, 0.05) is 26.6 Å². The first-order chi connectivity index (χ1) is 8.75. The zero-order chi connectivity index (χ0) is 12.5. The molecule has 2 nitrogen and oxygen atoms in total. The second kappa shape index (κ2) is 4.94. The van der Waals surface area contributed by atoms with E-state index in [9.17, 15) is 0 Å². The van der Waals surface area contributed by atoms with Crippen molar-refractivity contribution in [1.82, 2.24) is 0 Å². The van der Waals surface area contributed by atoms with Crippen molar-refractivity contribution in [2.24, 2.45) is 0 Å². The molecule has 0 spiro atoms. The molecule has 0 saturated carbocycles.